The van der Waals surface area contributed by atoms with Gasteiger partial charge in [0, 0.05) is 5.57 Å². The van der Waals surface area contributed by atoms with Crippen LogP contribution in [0.4, 0.5) is 0 Å². The fraction of sp³-hybridized carbons (Fsp3) is 0.500. The van der Waals surface area contributed by atoms with E-state index in [1.165, 1.54) is 6.92 Å². The van der Waals surface area contributed by atoms with Gasteiger partial charge in [-0.1, -0.05) is 13.5 Å². The zero-order valence-corrected chi connectivity index (χ0v) is 7.26. The summed E-state index contributed by atoms with van der Waals surface area (Å²) < 4.78 is 0. The number of hydrogen-bond donors (Lipinski definition) is 2. The first-order valence-electron chi connectivity index (χ1n) is 3.68. The highest BCUT2D eigenvalue weighted by molar-refractivity contribution is 5.94. The molecule has 0 saturated heterocycles. The van der Waals surface area contributed by atoms with Crippen molar-refractivity contribution >= 4 is 11.9 Å². The summed E-state index contributed by atoms with van der Waals surface area (Å²) in [4.78, 5) is 21.4. The van der Waals surface area contributed by atoms with Gasteiger partial charge in [0.15, 0.2) is 0 Å². The lowest BCUT2D eigenvalue weighted by Gasteiger charge is -2.11. The van der Waals surface area contributed by atoms with Gasteiger partial charge in [0.05, 0.1) is 0 Å². The van der Waals surface area contributed by atoms with E-state index in [4.69, 9.17) is 5.11 Å². The Morgan fingerprint density at radius 1 is 1.58 bits per heavy atom. The molecule has 1 amide bonds. The van der Waals surface area contributed by atoms with E-state index in [0.717, 1.165) is 0 Å². The van der Waals surface area contributed by atoms with Crippen LogP contribution in [0.5, 0.6) is 0 Å². The van der Waals surface area contributed by atoms with Crippen molar-refractivity contribution in [2.75, 3.05) is 0 Å². The van der Waals surface area contributed by atoms with Crippen molar-refractivity contribution in [2.24, 2.45) is 0 Å². The summed E-state index contributed by atoms with van der Waals surface area (Å²) in [6.07, 6.45) is 0.369. The van der Waals surface area contributed by atoms with E-state index in [2.05, 4.69) is 11.9 Å². The molecule has 12 heavy (non-hydrogen) atoms. The van der Waals surface area contributed by atoms with Gasteiger partial charge in [-0.15, -0.1) is 0 Å². The number of amides is 1. The Kier molecular flexibility index (Phi) is 4.04. The lowest BCUT2D eigenvalue weighted by atomic mass is 10.2. The fourth-order valence-corrected chi connectivity index (χ4v) is 0.620. The molecule has 0 aliphatic heterocycles. The smallest absolute Gasteiger partial charge is 0.326 e. The number of rotatable bonds is 4. The van der Waals surface area contributed by atoms with Crippen LogP contribution in [0.25, 0.3) is 0 Å². The molecule has 0 fully saturated rings. The molecule has 0 aliphatic carbocycles. The second-order valence-electron chi connectivity index (χ2n) is 2.55. The summed E-state index contributed by atoms with van der Waals surface area (Å²) in [5.41, 5.74) is 0.315. The second kappa shape index (κ2) is 4.54. The molecule has 1 atom stereocenters. The van der Waals surface area contributed by atoms with Gasteiger partial charge < -0.3 is 10.4 Å². The molecular weight excluding hydrogens is 158 g/mol. The van der Waals surface area contributed by atoms with Crippen molar-refractivity contribution < 1.29 is 14.7 Å². The first-order chi connectivity index (χ1) is 5.49. The molecule has 0 bridgehead atoms. The Labute approximate surface area is 71.3 Å². The molecule has 4 heteroatoms. The molecule has 0 spiro atoms. The predicted molar refractivity (Wildman–Crippen MR) is 44.7 cm³/mol. The number of carboxylic acids is 1. The van der Waals surface area contributed by atoms with Crippen LogP contribution in [0.15, 0.2) is 12.2 Å². The SMILES string of the molecule is C=C(C)C(=O)NC(CC)C(=O)O. The van der Waals surface area contributed by atoms with Crippen molar-refractivity contribution in [1.29, 1.82) is 0 Å². The van der Waals surface area contributed by atoms with Gasteiger partial charge in [0.2, 0.25) is 5.91 Å². The van der Waals surface area contributed by atoms with E-state index in [1.54, 1.807) is 6.92 Å². The summed E-state index contributed by atoms with van der Waals surface area (Å²) in [5.74, 6) is -1.43. The second-order valence-corrected chi connectivity index (χ2v) is 2.55. The molecule has 1 unspecified atom stereocenters. The van der Waals surface area contributed by atoms with Gasteiger partial charge in [-0.05, 0) is 13.3 Å². The number of nitrogens with one attached hydrogen (secondary N) is 1. The van der Waals surface area contributed by atoms with E-state index in [9.17, 15) is 9.59 Å². The first kappa shape index (κ1) is 10.7. The van der Waals surface area contributed by atoms with E-state index in [1.807, 2.05) is 0 Å². The Hall–Kier alpha value is -1.32. The maximum atomic E-state index is 10.9. The largest absolute Gasteiger partial charge is 0.480 e. The Morgan fingerprint density at radius 2 is 2.08 bits per heavy atom. The predicted octanol–water partition coefficient (Wildman–Crippen LogP) is 0.542. The highest BCUT2D eigenvalue weighted by Gasteiger charge is 2.17. The normalized spacial score (nSPS) is 11.8. The van der Waals surface area contributed by atoms with Gasteiger partial charge >= 0.3 is 5.97 Å². The molecule has 0 rings (SSSR count). The molecule has 68 valence electrons. The maximum Gasteiger partial charge on any atom is 0.326 e. The molecule has 0 aromatic rings. The summed E-state index contributed by atoms with van der Waals surface area (Å²) in [7, 11) is 0. The van der Waals surface area contributed by atoms with Crippen molar-refractivity contribution in [3.63, 3.8) is 0 Å². The monoisotopic (exact) mass is 171 g/mol. The van der Waals surface area contributed by atoms with Crippen LogP contribution >= 0.6 is 0 Å². The van der Waals surface area contributed by atoms with Crippen LogP contribution in [0.1, 0.15) is 20.3 Å². The van der Waals surface area contributed by atoms with Crippen molar-refractivity contribution in [3.8, 4) is 0 Å². The molecular formula is C8H13NO3. The van der Waals surface area contributed by atoms with Gasteiger partial charge in [-0.2, -0.15) is 0 Å². The zero-order valence-electron chi connectivity index (χ0n) is 7.26. The average Bonchev–Trinajstić information content (AvgIpc) is 1.98. The van der Waals surface area contributed by atoms with Crippen LogP contribution in [0.3, 0.4) is 0 Å². The first-order valence-corrected chi connectivity index (χ1v) is 3.68. The highest BCUT2D eigenvalue weighted by Crippen LogP contribution is 1.94. The maximum absolute atomic E-state index is 10.9. The van der Waals surface area contributed by atoms with Gasteiger partial charge in [-0.25, -0.2) is 4.79 Å². The number of aliphatic carboxylic acids is 1. The lowest BCUT2D eigenvalue weighted by Crippen LogP contribution is -2.40. The molecule has 2 N–H and O–H groups in total. The quantitative estimate of drug-likeness (QED) is 0.607. The van der Waals surface area contributed by atoms with Crippen LogP contribution in [0.2, 0.25) is 0 Å². The molecule has 0 aliphatic rings. The minimum Gasteiger partial charge on any atom is -0.480 e. The lowest BCUT2D eigenvalue weighted by molar-refractivity contribution is -0.141. The summed E-state index contributed by atoms with van der Waals surface area (Å²) in [6, 6.07) is -0.811. The third-order valence-corrected chi connectivity index (χ3v) is 1.40. The van der Waals surface area contributed by atoms with Gasteiger partial charge in [0.1, 0.15) is 6.04 Å². The Balaban J connectivity index is 4.12. The molecule has 0 heterocycles. The number of hydrogen-bond acceptors (Lipinski definition) is 2. The van der Waals surface area contributed by atoms with Crippen LogP contribution < -0.4 is 5.32 Å². The molecule has 4 nitrogen and oxygen atoms in total. The van der Waals surface area contributed by atoms with Gasteiger partial charge in [0.25, 0.3) is 0 Å². The topological polar surface area (TPSA) is 66.4 Å². The number of carbonyl (C=O) groups is 2. The summed E-state index contributed by atoms with van der Waals surface area (Å²) >= 11 is 0. The minimum absolute atomic E-state index is 0.315. The van der Waals surface area contributed by atoms with E-state index >= 15 is 0 Å². The zero-order chi connectivity index (χ0) is 9.72. The van der Waals surface area contributed by atoms with Crippen molar-refractivity contribution in [1.82, 2.24) is 5.32 Å². The summed E-state index contributed by atoms with van der Waals surface area (Å²) in [5, 5.41) is 10.9. The number of carboxylic acid groups (broad SMARTS) is 1. The highest BCUT2D eigenvalue weighted by atomic mass is 16.4. The third-order valence-electron chi connectivity index (χ3n) is 1.40. The van der Waals surface area contributed by atoms with Crippen LogP contribution in [0, 0.1) is 0 Å². The van der Waals surface area contributed by atoms with Crippen molar-refractivity contribution in [3.05, 3.63) is 12.2 Å². The Morgan fingerprint density at radius 3 is 2.33 bits per heavy atom. The van der Waals surface area contributed by atoms with Crippen LogP contribution in [-0.2, 0) is 9.59 Å². The molecule has 0 saturated carbocycles. The minimum atomic E-state index is -1.02. The standard InChI is InChI=1S/C8H13NO3/c1-4-6(8(11)12)9-7(10)5(2)3/h6H,2,4H2,1,3H3,(H,9,10)(H,11,12). The fourth-order valence-electron chi connectivity index (χ4n) is 0.620. The molecule has 0 aromatic carbocycles. The average molecular weight is 171 g/mol. The van der Waals surface area contributed by atoms with E-state index in [0.29, 0.717) is 12.0 Å². The third kappa shape index (κ3) is 3.18. The molecule has 0 radical (unpaired) electrons. The van der Waals surface area contributed by atoms with E-state index < -0.39 is 17.9 Å². The Bertz CT molecular complexity index is 210. The van der Waals surface area contributed by atoms with E-state index in [-0.39, 0.29) is 0 Å². The molecule has 0 aromatic heterocycles. The number of carbonyl (C=O) groups excluding carboxylic acids is 1. The summed E-state index contributed by atoms with van der Waals surface area (Å²) in [6.45, 7) is 6.62. The van der Waals surface area contributed by atoms with Crippen molar-refractivity contribution in [2.45, 2.75) is 26.3 Å². The van der Waals surface area contributed by atoms with Crippen LogP contribution in [-0.4, -0.2) is 23.0 Å². The van der Waals surface area contributed by atoms with Gasteiger partial charge in [-0.3, -0.25) is 4.79 Å².